The van der Waals surface area contributed by atoms with Crippen molar-refractivity contribution >= 4 is 34.9 Å². The Labute approximate surface area is 165 Å². The van der Waals surface area contributed by atoms with E-state index >= 15 is 0 Å². The van der Waals surface area contributed by atoms with E-state index in [1.165, 1.54) is 11.3 Å². The van der Waals surface area contributed by atoms with Gasteiger partial charge in [-0.05, 0) is 17.7 Å². The number of nitrogens with one attached hydrogen (secondary N) is 2. The Morgan fingerprint density at radius 2 is 1.89 bits per heavy atom. The number of aromatic nitrogens is 1. The van der Waals surface area contributed by atoms with Crippen LogP contribution in [0.4, 0.5) is 4.79 Å². The van der Waals surface area contributed by atoms with Crippen molar-refractivity contribution in [3.05, 3.63) is 76.3 Å². The summed E-state index contributed by atoms with van der Waals surface area (Å²) in [5, 5.41) is 2.98. The van der Waals surface area contributed by atoms with E-state index in [2.05, 4.69) is 15.8 Å². The molecule has 3 rings (SSSR count). The van der Waals surface area contributed by atoms with Crippen LogP contribution < -0.4 is 10.9 Å². The predicted molar refractivity (Wildman–Crippen MR) is 105 cm³/mol. The first kappa shape index (κ1) is 18.9. The normalized spacial score (nSPS) is 10.3. The maximum atomic E-state index is 12.1. The minimum Gasteiger partial charge on any atom is -0.448 e. The molecule has 0 bridgehead atoms. The number of nitrogens with zero attached hydrogens (tertiary/aromatic N) is 1. The first-order valence-electron chi connectivity index (χ1n) is 8.10. The summed E-state index contributed by atoms with van der Waals surface area (Å²) in [5.74, 6) is -0.514. The molecule has 0 unspecified atom stereocenters. The molecule has 0 saturated heterocycles. The Bertz CT molecular complexity index is 931. The topological polar surface area (TPSA) is 80.3 Å². The lowest BCUT2D eigenvalue weighted by Crippen LogP contribution is -2.42. The Balaban J connectivity index is 1.43. The van der Waals surface area contributed by atoms with Crippen LogP contribution in [0.1, 0.15) is 16.1 Å². The highest BCUT2D eigenvalue weighted by atomic mass is 35.5. The predicted octanol–water partition coefficient (Wildman–Crippen LogP) is 4.08. The van der Waals surface area contributed by atoms with Gasteiger partial charge < -0.3 is 4.74 Å². The number of benzene rings is 2. The maximum Gasteiger partial charge on any atom is 0.426 e. The Hall–Kier alpha value is -2.90. The molecule has 2 aromatic carbocycles. The number of thiazole rings is 1. The second kappa shape index (κ2) is 9.16. The molecule has 0 aliphatic heterocycles. The standard InChI is InChI=1S/C19H16ClN3O3S/c20-15-8-4-5-13(11-15)9-10-26-19(25)23-22-17(24)16-12-27-18(21-16)14-6-2-1-3-7-14/h1-8,11-12H,9-10H2,(H,22,24)(H,23,25). The van der Waals surface area contributed by atoms with Gasteiger partial charge in [0.25, 0.3) is 5.91 Å². The third-order valence-corrected chi connectivity index (χ3v) is 4.68. The Kier molecular flexibility index (Phi) is 6.40. The van der Waals surface area contributed by atoms with E-state index in [0.29, 0.717) is 11.4 Å². The maximum absolute atomic E-state index is 12.1. The van der Waals surface area contributed by atoms with Gasteiger partial charge in [0.2, 0.25) is 0 Å². The molecule has 27 heavy (non-hydrogen) atoms. The minimum absolute atomic E-state index is 0.164. The summed E-state index contributed by atoms with van der Waals surface area (Å²) in [4.78, 5) is 28.0. The van der Waals surface area contributed by atoms with Crippen molar-refractivity contribution in [2.24, 2.45) is 0 Å². The van der Waals surface area contributed by atoms with E-state index in [1.54, 1.807) is 17.5 Å². The fourth-order valence-electron chi connectivity index (χ4n) is 2.25. The lowest BCUT2D eigenvalue weighted by atomic mass is 10.2. The highest BCUT2D eigenvalue weighted by molar-refractivity contribution is 7.13. The average Bonchev–Trinajstić information content (AvgIpc) is 3.17. The SMILES string of the molecule is O=C(NNC(=O)c1csc(-c2ccccc2)n1)OCCc1cccc(Cl)c1. The number of hydrogen-bond acceptors (Lipinski definition) is 5. The fourth-order valence-corrected chi connectivity index (χ4v) is 3.27. The lowest BCUT2D eigenvalue weighted by Gasteiger charge is -2.07. The minimum atomic E-state index is -0.746. The van der Waals surface area contributed by atoms with Crippen LogP contribution in [0.15, 0.2) is 60.0 Å². The van der Waals surface area contributed by atoms with Gasteiger partial charge in [-0.25, -0.2) is 15.2 Å². The van der Waals surface area contributed by atoms with Gasteiger partial charge in [0.15, 0.2) is 0 Å². The summed E-state index contributed by atoms with van der Waals surface area (Å²) < 4.78 is 5.02. The van der Waals surface area contributed by atoms with Crippen LogP contribution in [0.3, 0.4) is 0 Å². The Morgan fingerprint density at radius 1 is 1.07 bits per heavy atom. The van der Waals surface area contributed by atoms with E-state index in [0.717, 1.165) is 16.1 Å². The molecule has 0 spiro atoms. The first-order chi connectivity index (χ1) is 13.1. The van der Waals surface area contributed by atoms with Crippen molar-refractivity contribution in [2.45, 2.75) is 6.42 Å². The summed E-state index contributed by atoms with van der Waals surface area (Å²) in [7, 11) is 0. The van der Waals surface area contributed by atoms with Crippen molar-refractivity contribution < 1.29 is 14.3 Å². The summed E-state index contributed by atoms with van der Waals surface area (Å²) in [6, 6.07) is 16.8. The second-order valence-corrected chi connectivity index (χ2v) is 6.79. The average molecular weight is 402 g/mol. The van der Waals surface area contributed by atoms with E-state index in [9.17, 15) is 9.59 Å². The summed E-state index contributed by atoms with van der Waals surface area (Å²) in [6.45, 7) is 0.164. The van der Waals surface area contributed by atoms with Crippen LogP contribution in [0.2, 0.25) is 5.02 Å². The van der Waals surface area contributed by atoms with Gasteiger partial charge in [-0.3, -0.25) is 10.2 Å². The number of rotatable bonds is 5. The third kappa shape index (κ3) is 5.54. The summed E-state index contributed by atoms with van der Waals surface area (Å²) in [5.41, 5.74) is 6.59. The van der Waals surface area contributed by atoms with Crippen LogP contribution in [-0.2, 0) is 11.2 Å². The van der Waals surface area contributed by atoms with Gasteiger partial charge in [0, 0.05) is 22.4 Å². The van der Waals surface area contributed by atoms with Gasteiger partial charge >= 0.3 is 6.09 Å². The van der Waals surface area contributed by atoms with Crippen LogP contribution in [0.25, 0.3) is 10.6 Å². The molecule has 2 amide bonds. The molecule has 0 aliphatic carbocycles. The molecule has 0 aliphatic rings. The van der Waals surface area contributed by atoms with Gasteiger partial charge in [0.1, 0.15) is 10.7 Å². The number of ether oxygens (including phenoxy) is 1. The van der Waals surface area contributed by atoms with Crippen molar-refractivity contribution in [1.82, 2.24) is 15.8 Å². The first-order valence-corrected chi connectivity index (χ1v) is 9.36. The van der Waals surface area contributed by atoms with Crippen LogP contribution >= 0.6 is 22.9 Å². The molecule has 6 nitrogen and oxygen atoms in total. The van der Waals surface area contributed by atoms with E-state index in [-0.39, 0.29) is 12.3 Å². The second-order valence-electron chi connectivity index (χ2n) is 5.50. The molecule has 8 heteroatoms. The molecule has 0 radical (unpaired) electrons. The van der Waals surface area contributed by atoms with Crippen molar-refractivity contribution in [3.63, 3.8) is 0 Å². The largest absolute Gasteiger partial charge is 0.448 e. The quantitative estimate of drug-likeness (QED) is 0.631. The van der Waals surface area contributed by atoms with Crippen LogP contribution in [0.5, 0.6) is 0 Å². The van der Waals surface area contributed by atoms with E-state index in [4.69, 9.17) is 16.3 Å². The lowest BCUT2D eigenvalue weighted by molar-refractivity contribution is 0.0906. The number of amides is 2. The van der Waals surface area contributed by atoms with Gasteiger partial charge in [0.05, 0.1) is 6.61 Å². The molecule has 3 aromatic rings. The zero-order valence-corrected chi connectivity index (χ0v) is 15.7. The molecule has 0 atom stereocenters. The van der Waals surface area contributed by atoms with Crippen LogP contribution in [0, 0.1) is 0 Å². The molecular weight excluding hydrogens is 386 g/mol. The molecule has 1 heterocycles. The van der Waals surface area contributed by atoms with Crippen molar-refractivity contribution in [1.29, 1.82) is 0 Å². The molecule has 1 aromatic heterocycles. The smallest absolute Gasteiger partial charge is 0.426 e. The van der Waals surface area contributed by atoms with Gasteiger partial charge in [-0.1, -0.05) is 54.1 Å². The van der Waals surface area contributed by atoms with Crippen molar-refractivity contribution in [3.8, 4) is 10.6 Å². The van der Waals surface area contributed by atoms with Gasteiger partial charge in [-0.15, -0.1) is 11.3 Å². The number of halogens is 1. The molecule has 138 valence electrons. The summed E-state index contributed by atoms with van der Waals surface area (Å²) >= 11 is 7.25. The number of hydrogen-bond donors (Lipinski definition) is 2. The summed E-state index contributed by atoms with van der Waals surface area (Å²) in [6.07, 6.45) is -0.224. The molecule has 0 fully saturated rings. The van der Waals surface area contributed by atoms with Gasteiger partial charge in [-0.2, -0.15) is 0 Å². The fraction of sp³-hybridized carbons (Fsp3) is 0.105. The third-order valence-electron chi connectivity index (χ3n) is 3.55. The molecular formula is C19H16ClN3O3S. The zero-order chi connectivity index (χ0) is 19.1. The molecule has 0 saturated carbocycles. The van der Waals surface area contributed by atoms with Crippen molar-refractivity contribution in [2.75, 3.05) is 6.61 Å². The van der Waals surface area contributed by atoms with Crippen LogP contribution in [-0.4, -0.2) is 23.6 Å². The van der Waals surface area contributed by atoms with E-state index < -0.39 is 12.0 Å². The monoisotopic (exact) mass is 401 g/mol. The molecule has 2 N–H and O–H groups in total. The number of carbonyl (C=O) groups is 2. The zero-order valence-electron chi connectivity index (χ0n) is 14.1. The Morgan fingerprint density at radius 3 is 2.67 bits per heavy atom. The number of carbonyl (C=O) groups excluding carboxylic acids is 2. The highest BCUT2D eigenvalue weighted by Crippen LogP contribution is 2.23. The number of hydrazine groups is 1. The highest BCUT2D eigenvalue weighted by Gasteiger charge is 2.13. The van der Waals surface area contributed by atoms with E-state index in [1.807, 2.05) is 42.5 Å².